The maximum Gasteiger partial charge on any atom is 0.119 e. The molecule has 0 saturated carbocycles. The Bertz CT molecular complexity index is 402. The molecule has 1 unspecified atom stereocenters. The predicted octanol–water partition coefficient (Wildman–Crippen LogP) is 3.00. The molecule has 0 aromatic heterocycles. The molecule has 1 atom stereocenters. The zero-order chi connectivity index (χ0) is 14.5. The van der Waals surface area contributed by atoms with Gasteiger partial charge in [-0.2, -0.15) is 0 Å². The molecule has 0 N–H and O–H groups in total. The fourth-order valence-corrected chi connectivity index (χ4v) is 2.87. The van der Waals surface area contributed by atoms with Gasteiger partial charge in [0.2, 0.25) is 0 Å². The van der Waals surface area contributed by atoms with Crippen LogP contribution < -0.4 is 4.74 Å². The zero-order valence-electron chi connectivity index (χ0n) is 13.3. The molecular formula is C17H28N2O. The summed E-state index contributed by atoms with van der Waals surface area (Å²) in [7, 11) is 2.24. The quantitative estimate of drug-likeness (QED) is 0.794. The molecule has 20 heavy (non-hydrogen) atoms. The molecule has 3 nitrogen and oxygen atoms in total. The second kappa shape index (κ2) is 7.09. The molecular weight excluding hydrogens is 248 g/mol. The van der Waals surface area contributed by atoms with Crippen LogP contribution in [0.3, 0.4) is 0 Å². The monoisotopic (exact) mass is 276 g/mol. The molecule has 1 saturated heterocycles. The summed E-state index contributed by atoms with van der Waals surface area (Å²) in [6.45, 7) is 10.8. The summed E-state index contributed by atoms with van der Waals surface area (Å²) in [5.74, 6) is 0.964. The van der Waals surface area contributed by atoms with Gasteiger partial charge in [-0.05, 0) is 51.9 Å². The van der Waals surface area contributed by atoms with Gasteiger partial charge in [-0.3, -0.25) is 9.80 Å². The van der Waals surface area contributed by atoms with E-state index >= 15 is 0 Å². The standard InChI is InChI=1S/C17H28N2O/c1-5-20-17-8-6-15(7-9-17)12-18(4)16-10-11-19(13-16)14(2)3/h6-9,14,16H,5,10-13H2,1-4H3. The van der Waals surface area contributed by atoms with Gasteiger partial charge in [0.25, 0.3) is 0 Å². The first-order valence-corrected chi connectivity index (χ1v) is 7.76. The lowest BCUT2D eigenvalue weighted by Crippen LogP contribution is -2.36. The lowest BCUT2D eigenvalue weighted by Gasteiger charge is -2.26. The summed E-state index contributed by atoms with van der Waals surface area (Å²) < 4.78 is 5.49. The van der Waals surface area contributed by atoms with E-state index in [4.69, 9.17) is 4.74 Å². The van der Waals surface area contributed by atoms with Crippen molar-refractivity contribution in [1.29, 1.82) is 0 Å². The molecule has 1 aliphatic rings. The number of benzene rings is 1. The third-order valence-corrected chi connectivity index (χ3v) is 4.21. The Hall–Kier alpha value is -1.06. The van der Waals surface area contributed by atoms with Gasteiger partial charge in [-0.1, -0.05) is 12.1 Å². The van der Waals surface area contributed by atoms with Crippen molar-refractivity contribution in [3.8, 4) is 5.75 Å². The molecule has 2 rings (SSSR count). The van der Waals surface area contributed by atoms with Crippen LogP contribution in [0.4, 0.5) is 0 Å². The Kier molecular flexibility index (Phi) is 5.44. The van der Waals surface area contributed by atoms with Crippen LogP contribution in [0.25, 0.3) is 0 Å². The van der Waals surface area contributed by atoms with Crippen LogP contribution in [-0.2, 0) is 6.54 Å². The van der Waals surface area contributed by atoms with Crippen LogP contribution in [0.5, 0.6) is 5.75 Å². The van der Waals surface area contributed by atoms with Crippen molar-refractivity contribution in [1.82, 2.24) is 9.80 Å². The molecule has 0 spiro atoms. The van der Waals surface area contributed by atoms with Crippen molar-refractivity contribution in [3.63, 3.8) is 0 Å². The summed E-state index contributed by atoms with van der Waals surface area (Å²) in [5.41, 5.74) is 1.36. The first-order chi connectivity index (χ1) is 9.60. The van der Waals surface area contributed by atoms with Gasteiger partial charge < -0.3 is 4.74 Å². The van der Waals surface area contributed by atoms with Gasteiger partial charge >= 0.3 is 0 Å². The minimum Gasteiger partial charge on any atom is -0.494 e. The summed E-state index contributed by atoms with van der Waals surface area (Å²) in [5, 5.41) is 0. The third kappa shape index (κ3) is 3.97. The predicted molar refractivity (Wildman–Crippen MR) is 84.2 cm³/mol. The van der Waals surface area contributed by atoms with E-state index in [0.29, 0.717) is 12.1 Å². The maximum absolute atomic E-state index is 5.49. The molecule has 0 aliphatic carbocycles. The van der Waals surface area contributed by atoms with Crippen molar-refractivity contribution in [2.24, 2.45) is 0 Å². The van der Waals surface area contributed by atoms with Crippen LogP contribution in [-0.4, -0.2) is 48.6 Å². The Morgan fingerprint density at radius 2 is 2.00 bits per heavy atom. The van der Waals surface area contributed by atoms with Crippen molar-refractivity contribution >= 4 is 0 Å². The number of rotatable bonds is 6. The van der Waals surface area contributed by atoms with Crippen molar-refractivity contribution in [3.05, 3.63) is 29.8 Å². The number of hydrogen-bond acceptors (Lipinski definition) is 3. The first kappa shape index (κ1) is 15.3. The molecule has 1 aromatic carbocycles. The highest BCUT2D eigenvalue weighted by Crippen LogP contribution is 2.19. The molecule has 112 valence electrons. The van der Waals surface area contributed by atoms with Gasteiger partial charge in [-0.15, -0.1) is 0 Å². The average Bonchev–Trinajstić information content (AvgIpc) is 2.91. The van der Waals surface area contributed by atoms with E-state index in [1.54, 1.807) is 0 Å². The molecule has 1 aromatic rings. The number of likely N-dealkylation sites (tertiary alicyclic amines) is 1. The van der Waals surface area contributed by atoms with Crippen LogP contribution in [0.1, 0.15) is 32.8 Å². The van der Waals surface area contributed by atoms with E-state index < -0.39 is 0 Å². The molecule has 1 aliphatic heterocycles. The Morgan fingerprint density at radius 1 is 1.30 bits per heavy atom. The van der Waals surface area contributed by atoms with E-state index in [1.165, 1.54) is 25.1 Å². The number of likely N-dealkylation sites (N-methyl/N-ethyl adjacent to an activating group) is 1. The fourth-order valence-electron chi connectivity index (χ4n) is 2.87. The smallest absolute Gasteiger partial charge is 0.119 e. The zero-order valence-corrected chi connectivity index (χ0v) is 13.3. The van der Waals surface area contributed by atoms with Gasteiger partial charge in [0, 0.05) is 31.7 Å². The van der Waals surface area contributed by atoms with Crippen LogP contribution in [0.2, 0.25) is 0 Å². The van der Waals surface area contributed by atoms with Crippen LogP contribution in [0.15, 0.2) is 24.3 Å². The van der Waals surface area contributed by atoms with E-state index in [9.17, 15) is 0 Å². The molecule has 0 amide bonds. The highest BCUT2D eigenvalue weighted by molar-refractivity contribution is 5.27. The average molecular weight is 276 g/mol. The number of hydrogen-bond donors (Lipinski definition) is 0. The minimum atomic E-state index is 0.666. The van der Waals surface area contributed by atoms with E-state index in [-0.39, 0.29) is 0 Å². The highest BCUT2D eigenvalue weighted by Gasteiger charge is 2.26. The fraction of sp³-hybridized carbons (Fsp3) is 0.647. The van der Waals surface area contributed by atoms with Crippen molar-refractivity contribution < 1.29 is 4.74 Å². The highest BCUT2D eigenvalue weighted by atomic mass is 16.5. The van der Waals surface area contributed by atoms with Crippen molar-refractivity contribution in [2.45, 2.75) is 45.8 Å². The largest absolute Gasteiger partial charge is 0.494 e. The number of ether oxygens (including phenoxy) is 1. The third-order valence-electron chi connectivity index (χ3n) is 4.21. The summed E-state index contributed by atoms with van der Waals surface area (Å²) >= 11 is 0. The lowest BCUT2D eigenvalue weighted by molar-refractivity contribution is 0.208. The molecule has 0 radical (unpaired) electrons. The normalized spacial score (nSPS) is 20.0. The molecule has 0 bridgehead atoms. The van der Waals surface area contributed by atoms with Gasteiger partial charge in [0.15, 0.2) is 0 Å². The van der Waals surface area contributed by atoms with Crippen molar-refractivity contribution in [2.75, 3.05) is 26.7 Å². The topological polar surface area (TPSA) is 15.7 Å². The first-order valence-electron chi connectivity index (χ1n) is 7.76. The molecule has 3 heteroatoms. The van der Waals surface area contributed by atoms with Gasteiger partial charge in [0.1, 0.15) is 5.75 Å². The maximum atomic E-state index is 5.49. The second-order valence-electron chi connectivity index (χ2n) is 6.02. The van der Waals surface area contributed by atoms with Gasteiger partial charge in [0.05, 0.1) is 6.61 Å². The van der Waals surface area contributed by atoms with Crippen LogP contribution >= 0.6 is 0 Å². The van der Waals surface area contributed by atoms with Gasteiger partial charge in [-0.25, -0.2) is 0 Å². The Labute approximate surface area is 123 Å². The lowest BCUT2D eigenvalue weighted by atomic mass is 10.1. The summed E-state index contributed by atoms with van der Waals surface area (Å²) in [4.78, 5) is 5.05. The molecule has 1 fully saturated rings. The summed E-state index contributed by atoms with van der Waals surface area (Å²) in [6, 6.07) is 9.85. The second-order valence-corrected chi connectivity index (χ2v) is 6.02. The SMILES string of the molecule is CCOc1ccc(CN(C)C2CCN(C(C)C)C2)cc1. The van der Waals surface area contributed by atoms with E-state index in [1.807, 2.05) is 6.92 Å². The molecule has 1 heterocycles. The number of nitrogens with zero attached hydrogens (tertiary/aromatic N) is 2. The summed E-state index contributed by atoms with van der Waals surface area (Å²) in [6.07, 6.45) is 1.28. The Morgan fingerprint density at radius 3 is 2.55 bits per heavy atom. The van der Waals surface area contributed by atoms with E-state index in [0.717, 1.165) is 18.9 Å². The van der Waals surface area contributed by atoms with Crippen LogP contribution in [0, 0.1) is 0 Å². The van der Waals surface area contributed by atoms with E-state index in [2.05, 4.69) is 55.0 Å². The minimum absolute atomic E-state index is 0.666. The Balaban J connectivity index is 1.86.